The molecule has 1 heterocycles. The highest BCUT2D eigenvalue weighted by molar-refractivity contribution is 5.97. The lowest BCUT2D eigenvalue weighted by atomic mass is 10.0. The number of benzene rings is 1. The molecule has 2 unspecified atom stereocenters. The van der Waals surface area contributed by atoms with Gasteiger partial charge in [0.1, 0.15) is 0 Å². The molecule has 0 bridgehead atoms. The number of hydrogen-bond acceptors (Lipinski definition) is 4. The van der Waals surface area contributed by atoms with E-state index in [1.807, 2.05) is 0 Å². The molecule has 5 nitrogen and oxygen atoms in total. The molecule has 102 valence electrons. The average molecular weight is 262 g/mol. The van der Waals surface area contributed by atoms with Crippen molar-refractivity contribution in [2.75, 3.05) is 19.0 Å². The Morgan fingerprint density at radius 3 is 2.84 bits per heavy atom. The summed E-state index contributed by atoms with van der Waals surface area (Å²) >= 11 is 0. The number of carbonyl (C=O) groups is 2. The summed E-state index contributed by atoms with van der Waals surface area (Å²) in [4.78, 5) is 23.5. The molecule has 0 radical (unpaired) electrons. The summed E-state index contributed by atoms with van der Waals surface area (Å²) in [6, 6.07) is 6.57. The Morgan fingerprint density at radius 1 is 1.42 bits per heavy atom. The molecule has 2 rings (SSSR count). The first-order valence-corrected chi connectivity index (χ1v) is 6.34. The third kappa shape index (κ3) is 3.12. The van der Waals surface area contributed by atoms with Gasteiger partial charge in [-0.2, -0.15) is 0 Å². The van der Waals surface area contributed by atoms with E-state index in [1.165, 1.54) is 7.11 Å². The van der Waals surface area contributed by atoms with Gasteiger partial charge in [0.25, 0.3) is 0 Å². The second-order valence-corrected chi connectivity index (χ2v) is 4.76. The molecule has 1 aromatic carbocycles. The van der Waals surface area contributed by atoms with Crippen LogP contribution in [0.5, 0.6) is 0 Å². The second-order valence-electron chi connectivity index (χ2n) is 4.76. The van der Waals surface area contributed by atoms with Crippen molar-refractivity contribution < 1.29 is 14.3 Å². The van der Waals surface area contributed by atoms with Crippen LogP contribution >= 0.6 is 0 Å². The van der Waals surface area contributed by atoms with E-state index in [0.29, 0.717) is 17.2 Å². The summed E-state index contributed by atoms with van der Waals surface area (Å²) in [6.45, 7) is 2.91. The topological polar surface area (TPSA) is 67.4 Å². The van der Waals surface area contributed by atoms with Crippen molar-refractivity contribution in [2.24, 2.45) is 5.92 Å². The van der Waals surface area contributed by atoms with Crippen LogP contribution in [0.2, 0.25) is 0 Å². The smallest absolute Gasteiger partial charge is 0.337 e. The Labute approximate surface area is 112 Å². The second kappa shape index (κ2) is 5.84. The van der Waals surface area contributed by atoms with E-state index >= 15 is 0 Å². The third-order valence-electron chi connectivity index (χ3n) is 3.37. The van der Waals surface area contributed by atoms with Crippen LogP contribution in [0.4, 0.5) is 5.69 Å². The van der Waals surface area contributed by atoms with E-state index in [1.54, 1.807) is 24.3 Å². The zero-order valence-corrected chi connectivity index (χ0v) is 11.1. The Balaban J connectivity index is 2.06. The van der Waals surface area contributed by atoms with Gasteiger partial charge in [-0.05, 0) is 37.1 Å². The van der Waals surface area contributed by atoms with E-state index in [2.05, 4.69) is 22.3 Å². The maximum Gasteiger partial charge on any atom is 0.337 e. The normalized spacial score (nSPS) is 22.0. The number of amides is 1. The van der Waals surface area contributed by atoms with Crippen molar-refractivity contribution >= 4 is 17.6 Å². The summed E-state index contributed by atoms with van der Waals surface area (Å²) in [6.07, 6.45) is 1.00. The van der Waals surface area contributed by atoms with E-state index in [4.69, 9.17) is 0 Å². The Morgan fingerprint density at radius 2 is 2.21 bits per heavy atom. The van der Waals surface area contributed by atoms with Gasteiger partial charge in [-0.25, -0.2) is 4.79 Å². The fourth-order valence-corrected chi connectivity index (χ4v) is 2.25. The molecule has 5 heteroatoms. The van der Waals surface area contributed by atoms with E-state index in [-0.39, 0.29) is 11.9 Å². The molecule has 1 saturated heterocycles. The molecule has 2 atom stereocenters. The van der Waals surface area contributed by atoms with Crippen LogP contribution in [-0.2, 0) is 9.53 Å². The molecular weight excluding hydrogens is 244 g/mol. The fourth-order valence-electron chi connectivity index (χ4n) is 2.25. The predicted molar refractivity (Wildman–Crippen MR) is 72.0 cm³/mol. The Bertz CT molecular complexity index is 487. The maximum absolute atomic E-state index is 12.1. The SMILES string of the molecule is COC(=O)c1cccc(NC(=O)C2NCCC2C)c1. The number of ether oxygens (including phenoxy) is 1. The van der Waals surface area contributed by atoms with Crippen molar-refractivity contribution in [1.82, 2.24) is 5.32 Å². The minimum absolute atomic E-state index is 0.0629. The molecule has 1 aromatic rings. The number of anilines is 1. The molecule has 0 spiro atoms. The van der Waals surface area contributed by atoms with Crippen molar-refractivity contribution in [3.05, 3.63) is 29.8 Å². The summed E-state index contributed by atoms with van der Waals surface area (Å²) in [5, 5.41) is 6.00. The van der Waals surface area contributed by atoms with Crippen LogP contribution in [0.15, 0.2) is 24.3 Å². The van der Waals surface area contributed by atoms with Crippen LogP contribution in [0.1, 0.15) is 23.7 Å². The lowest BCUT2D eigenvalue weighted by molar-refractivity contribution is -0.118. The van der Waals surface area contributed by atoms with Gasteiger partial charge in [0, 0.05) is 5.69 Å². The molecule has 0 saturated carbocycles. The van der Waals surface area contributed by atoms with E-state index in [0.717, 1.165) is 13.0 Å². The van der Waals surface area contributed by atoms with Gasteiger partial charge in [-0.15, -0.1) is 0 Å². The maximum atomic E-state index is 12.1. The summed E-state index contributed by atoms with van der Waals surface area (Å²) < 4.78 is 4.65. The lowest BCUT2D eigenvalue weighted by Gasteiger charge is -2.15. The van der Waals surface area contributed by atoms with Crippen LogP contribution < -0.4 is 10.6 Å². The van der Waals surface area contributed by atoms with Gasteiger partial charge >= 0.3 is 5.97 Å². The lowest BCUT2D eigenvalue weighted by Crippen LogP contribution is -2.39. The molecule has 0 aliphatic carbocycles. The van der Waals surface area contributed by atoms with Gasteiger partial charge in [0.2, 0.25) is 5.91 Å². The number of nitrogens with one attached hydrogen (secondary N) is 2. The third-order valence-corrected chi connectivity index (χ3v) is 3.37. The largest absolute Gasteiger partial charge is 0.465 e. The fraction of sp³-hybridized carbons (Fsp3) is 0.429. The first kappa shape index (κ1) is 13.5. The van der Waals surface area contributed by atoms with Gasteiger partial charge < -0.3 is 15.4 Å². The first-order chi connectivity index (χ1) is 9.11. The predicted octanol–water partition coefficient (Wildman–Crippen LogP) is 1.41. The van der Waals surface area contributed by atoms with Crippen LogP contribution in [-0.4, -0.2) is 31.6 Å². The molecule has 0 aromatic heterocycles. The Kier molecular flexibility index (Phi) is 4.16. The summed E-state index contributed by atoms with van der Waals surface area (Å²) in [5.41, 5.74) is 1.03. The quantitative estimate of drug-likeness (QED) is 0.808. The highest BCUT2D eigenvalue weighted by Crippen LogP contribution is 2.17. The number of esters is 1. The van der Waals surface area contributed by atoms with E-state index < -0.39 is 5.97 Å². The van der Waals surface area contributed by atoms with Crippen LogP contribution in [0.25, 0.3) is 0 Å². The van der Waals surface area contributed by atoms with Gasteiger partial charge in [-0.1, -0.05) is 13.0 Å². The summed E-state index contributed by atoms with van der Waals surface area (Å²) in [5.74, 6) is -0.153. The van der Waals surface area contributed by atoms with Crippen molar-refractivity contribution in [3.8, 4) is 0 Å². The summed E-state index contributed by atoms with van der Waals surface area (Å²) in [7, 11) is 1.33. The molecular formula is C14H18N2O3. The zero-order valence-electron chi connectivity index (χ0n) is 11.1. The Hall–Kier alpha value is -1.88. The van der Waals surface area contributed by atoms with Crippen molar-refractivity contribution in [1.29, 1.82) is 0 Å². The highest BCUT2D eigenvalue weighted by Gasteiger charge is 2.29. The molecule has 1 amide bonds. The number of methoxy groups -OCH3 is 1. The van der Waals surface area contributed by atoms with Gasteiger partial charge in [0.15, 0.2) is 0 Å². The van der Waals surface area contributed by atoms with E-state index in [9.17, 15) is 9.59 Å². The minimum Gasteiger partial charge on any atom is -0.465 e. The zero-order chi connectivity index (χ0) is 13.8. The molecule has 19 heavy (non-hydrogen) atoms. The van der Waals surface area contributed by atoms with Gasteiger partial charge in [-0.3, -0.25) is 4.79 Å². The number of rotatable bonds is 3. The van der Waals surface area contributed by atoms with Crippen LogP contribution in [0.3, 0.4) is 0 Å². The first-order valence-electron chi connectivity index (χ1n) is 6.34. The van der Waals surface area contributed by atoms with Crippen molar-refractivity contribution in [2.45, 2.75) is 19.4 Å². The van der Waals surface area contributed by atoms with Gasteiger partial charge in [0.05, 0.1) is 18.7 Å². The molecule has 1 fully saturated rings. The molecule has 1 aliphatic rings. The average Bonchev–Trinajstić information content (AvgIpc) is 2.84. The standard InChI is InChI=1S/C14H18N2O3/c1-9-6-7-15-12(9)13(17)16-11-5-3-4-10(8-11)14(18)19-2/h3-5,8-9,12,15H,6-7H2,1-2H3,(H,16,17). The number of hydrogen-bond donors (Lipinski definition) is 2. The highest BCUT2D eigenvalue weighted by atomic mass is 16.5. The van der Waals surface area contributed by atoms with Crippen molar-refractivity contribution in [3.63, 3.8) is 0 Å². The monoisotopic (exact) mass is 262 g/mol. The number of carbonyl (C=O) groups excluding carboxylic acids is 2. The molecule has 2 N–H and O–H groups in total. The molecule has 1 aliphatic heterocycles. The minimum atomic E-state index is -0.413. The van der Waals surface area contributed by atoms with Crippen LogP contribution in [0, 0.1) is 5.92 Å².